The zero-order chi connectivity index (χ0) is 14.7. The van der Waals surface area contributed by atoms with Crippen molar-refractivity contribution in [1.29, 1.82) is 0 Å². The minimum atomic E-state index is -0.0823. The summed E-state index contributed by atoms with van der Waals surface area (Å²) in [5.74, 6) is 1.55. The second-order valence-corrected chi connectivity index (χ2v) is 5.59. The van der Waals surface area contributed by atoms with Crippen molar-refractivity contribution in [1.82, 2.24) is 14.6 Å². The summed E-state index contributed by atoms with van der Waals surface area (Å²) < 4.78 is 7.19. The SMILES string of the molecule is COc1cccc(C(N)CSc2nnc3ccccn23)c1. The van der Waals surface area contributed by atoms with Crippen molar-refractivity contribution < 1.29 is 4.74 Å². The first kappa shape index (κ1) is 13.9. The van der Waals surface area contributed by atoms with Crippen LogP contribution in [0, 0.1) is 0 Å². The molecule has 108 valence electrons. The van der Waals surface area contributed by atoms with E-state index in [9.17, 15) is 0 Å². The van der Waals surface area contributed by atoms with E-state index >= 15 is 0 Å². The van der Waals surface area contributed by atoms with Crippen LogP contribution in [-0.2, 0) is 0 Å². The predicted molar refractivity (Wildman–Crippen MR) is 83.6 cm³/mol. The number of hydrogen-bond acceptors (Lipinski definition) is 5. The van der Waals surface area contributed by atoms with Gasteiger partial charge in [-0.3, -0.25) is 4.40 Å². The molecule has 1 atom stereocenters. The van der Waals surface area contributed by atoms with Gasteiger partial charge in [0, 0.05) is 18.0 Å². The predicted octanol–water partition coefficient (Wildman–Crippen LogP) is 2.53. The Morgan fingerprint density at radius 2 is 2.14 bits per heavy atom. The van der Waals surface area contributed by atoms with Gasteiger partial charge in [-0.1, -0.05) is 30.0 Å². The third-order valence-electron chi connectivity index (χ3n) is 3.20. The molecule has 0 fully saturated rings. The molecule has 2 heterocycles. The lowest BCUT2D eigenvalue weighted by molar-refractivity contribution is 0.414. The van der Waals surface area contributed by atoms with Gasteiger partial charge in [-0.2, -0.15) is 0 Å². The van der Waals surface area contributed by atoms with Crippen LogP contribution in [0.2, 0.25) is 0 Å². The van der Waals surface area contributed by atoms with Gasteiger partial charge in [-0.15, -0.1) is 10.2 Å². The maximum absolute atomic E-state index is 6.25. The van der Waals surface area contributed by atoms with E-state index in [2.05, 4.69) is 10.2 Å². The van der Waals surface area contributed by atoms with Crippen LogP contribution >= 0.6 is 11.8 Å². The molecule has 2 N–H and O–H groups in total. The molecule has 5 nitrogen and oxygen atoms in total. The van der Waals surface area contributed by atoms with Crippen LogP contribution < -0.4 is 10.5 Å². The molecular weight excluding hydrogens is 284 g/mol. The van der Waals surface area contributed by atoms with E-state index in [0.29, 0.717) is 0 Å². The lowest BCUT2D eigenvalue weighted by Gasteiger charge is -2.12. The Morgan fingerprint density at radius 1 is 1.24 bits per heavy atom. The number of fused-ring (bicyclic) bond motifs is 1. The van der Waals surface area contributed by atoms with Crippen molar-refractivity contribution >= 4 is 17.4 Å². The molecule has 2 aromatic heterocycles. The highest BCUT2D eigenvalue weighted by atomic mass is 32.2. The quantitative estimate of drug-likeness (QED) is 0.734. The molecule has 0 saturated carbocycles. The van der Waals surface area contributed by atoms with Crippen LogP contribution in [0.15, 0.2) is 53.8 Å². The molecule has 0 spiro atoms. The highest BCUT2D eigenvalue weighted by Crippen LogP contribution is 2.24. The summed E-state index contributed by atoms with van der Waals surface area (Å²) in [6.07, 6.45) is 1.95. The second kappa shape index (κ2) is 6.15. The molecule has 1 aromatic carbocycles. The van der Waals surface area contributed by atoms with Gasteiger partial charge in [0.2, 0.25) is 0 Å². The number of hydrogen-bond donors (Lipinski definition) is 1. The molecular formula is C15H16N4OS. The van der Waals surface area contributed by atoms with Gasteiger partial charge in [0.15, 0.2) is 10.8 Å². The number of aromatic nitrogens is 3. The molecule has 6 heteroatoms. The largest absolute Gasteiger partial charge is 0.497 e. The highest BCUT2D eigenvalue weighted by molar-refractivity contribution is 7.99. The second-order valence-electron chi connectivity index (χ2n) is 4.61. The minimum absolute atomic E-state index is 0.0823. The number of nitrogens with two attached hydrogens (primary N) is 1. The van der Waals surface area contributed by atoms with Gasteiger partial charge in [-0.05, 0) is 29.8 Å². The third kappa shape index (κ3) is 3.01. The average Bonchev–Trinajstić information content (AvgIpc) is 2.96. The van der Waals surface area contributed by atoms with E-state index in [0.717, 1.165) is 27.9 Å². The minimum Gasteiger partial charge on any atom is -0.497 e. The lowest BCUT2D eigenvalue weighted by Crippen LogP contribution is -2.13. The summed E-state index contributed by atoms with van der Waals surface area (Å²) in [5.41, 5.74) is 8.14. The normalized spacial score (nSPS) is 12.5. The number of nitrogens with zero attached hydrogens (tertiary/aromatic N) is 3. The number of rotatable bonds is 5. The molecule has 0 radical (unpaired) electrons. The Balaban J connectivity index is 1.72. The third-order valence-corrected chi connectivity index (χ3v) is 4.26. The van der Waals surface area contributed by atoms with E-state index in [4.69, 9.17) is 10.5 Å². The van der Waals surface area contributed by atoms with Gasteiger partial charge in [0.05, 0.1) is 7.11 Å². The van der Waals surface area contributed by atoms with Crippen molar-refractivity contribution in [2.45, 2.75) is 11.2 Å². The maximum atomic E-state index is 6.25. The summed E-state index contributed by atoms with van der Waals surface area (Å²) in [7, 11) is 1.65. The van der Waals surface area contributed by atoms with Gasteiger partial charge >= 0.3 is 0 Å². The van der Waals surface area contributed by atoms with Crippen LogP contribution in [0.5, 0.6) is 5.75 Å². The average molecular weight is 300 g/mol. The number of ether oxygens (including phenoxy) is 1. The van der Waals surface area contributed by atoms with Crippen molar-refractivity contribution in [3.8, 4) is 5.75 Å². The van der Waals surface area contributed by atoms with E-state index < -0.39 is 0 Å². The molecule has 0 aliphatic heterocycles. The van der Waals surface area contributed by atoms with Crippen LogP contribution in [0.4, 0.5) is 0 Å². The summed E-state index contributed by atoms with van der Waals surface area (Å²) >= 11 is 1.60. The van der Waals surface area contributed by atoms with Gasteiger partial charge < -0.3 is 10.5 Å². The topological polar surface area (TPSA) is 65.4 Å². The molecule has 0 aliphatic rings. The Bertz CT molecular complexity index is 743. The number of benzene rings is 1. The van der Waals surface area contributed by atoms with Crippen molar-refractivity contribution in [3.63, 3.8) is 0 Å². The van der Waals surface area contributed by atoms with Gasteiger partial charge in [-0.25, -0.2) is 0 Å². The van der Waals surface area contributed by atoms with Crippen LogP contribution in [0.1, 0.15) is 11.6 Å². The standard InChI is InChI=1S/C15H16N4OS/c1-20-12-6-4-5-11(9-12)13(16)10-21-15-18-17-14-7-2-3-8-19(14)15/h2-9,13H,10,16H2,1H3. The van der Waals surface area contributed by atoms with Crippen LogP contribution in [0.25, 0.3) is 5.65 Å². The van der Waals surface area contributed by atoms with E-state index in [-0.39, 0.29) is 6.04 Å². The first-order valence-corrected chi connectivity index (χ1v) is 7.58. The van der Waals surface area contributed by atoms with Gasteiger partial charge in [0.25, 0.3) is 0 Å². The molecule has 3 aromatic rings. The van der Waals surface area contributed by atoms with E-state index in [1.165, 1.54) is 0 Å². The molecule has 0 saturated heterocycles. The molecule has 0 amide bonds. The summed E-state index contributed by atoms with van der Waals surface area (Å²) in [5, 5.41) is 9.17. The van der Waals surface area contributed by atoms with E-state index in [1.54, 1.807) is 18.9 Å². The maximum Gasteiger partial charge on any atom is 0.195 e. The van der Waals surface area contributed by atoms with Crippen molar-refractivity contribution in [2.75, 3.05) is 12.9 Å². The summed E-state index contributed by atoms with van der Waals surface area (Å²) in [6.45, 7) is 0. The summed E-state index contributed by atoms with van der Waals surface area (Å²) in [6, 6.07) is 13.6. The van der Waals surface area contributed by atoms with Crippen molar-refractivity contribution in [3.05, 3.63) is 54.2 Å². The number of thioether (sulfide) groups is 1. The van der Waals surface area contributed by atoms with Gasteiger partial charge in [0.1, 0.15) is 5.75 Å². The number of methoxy groups -OCH3 is 1. The first-order valence-electron chi connectivity index (χ1n) is 6.60. The molecule has 0 aliphatic carbocycles. The fourth-order valence-corrected chi connectivity index (χ4v) is 2.96. The summed E-state index contributed by atoms with van der Waals surface area (Å²) in [4.78, 5) is 0. The molecule has 0 bridgehead atoms. The Hall–Kier alpha value is -2.05. The number of pyridine rings is 1. The zero-order valence-corrected chi connectivity index (χ0v) is 12.5. The van der Waals surface area contributed by atoms with E-state index in [1.807, 2.05) is 53.1 Å². The lowest BCUT2D eigenvalue weighted by atomic mass is 10.1. The Morgan fingerprint density at radius 3 is 3.00 bits per heavy atom. The van der Waals surface area contributed by atoms with Crippen molar-refractivity contribution in [2.24, 2.45) is 5.73 Å². The zero-order valence-electron chi connectivity index (χ0n) is 11.6. The fraction of sp³-hybridized carbons (Fsp3) is 0.200. The monoisotopic (exact) mass is 300 g/mol. The first-order chi connectivity index (χ1) is 10.3. The molecule has 3 rings (SSSR count). The Labute approximate surface area is 127 Å². The Kier molecular flexibility index (Phi) is 4.08. The van der Waals surface area contributed by atoms with Crippen LogP contribution in [-0.4, -0.2) is 27.5 Å². The smallest absolute Gasteiger partial charge is 0.195 e. The molecule has 21 heavy (non-hydrogen) atoms. The molecule has 1 unspecified atom stereocenters. The van der Waals surface area contributed by atoms with Crippen LogP contribution in [0.3, 0.4) is 0 Å². The fourth-order valence-electron chi connectivity index (χ4n) is 2.05. The highest BCUT2D eigenvalue weighted by Gasteiger charge is 2.11.